The van der Waals surface area contributed by atoms with Crippen molar-refractivity contribution in [2.75, 3.05) is 5.32 Å². The molecular weight excluding hydrogens is 222 g/mol. The second-order valence-electron chi connectivity index (χ2n) is 4.57. The summed E-state index contributed by atoms with van der Waals surface area (Å²) in [5.41, 5.74) is 9.70. The van der Waals surface area contributed by atoms with Gasteiger partial charge in [0.15, 0.2) is 5.96 Å². The van der Waals surface area contributed by atoms with Crippen LogP contribution in [0, 0.1) is 12.3 Å². The molecule has 0 heterocycles. The van der Waals surface area contributed by atoms with Crippen LogP contribution in [0.3, 0.4) is 0 Å². The molecule has 0 radical (unpaired) electrons. The van der Waals surface area contributed by atoms with Gasteiger partial charge in [0.25, 0.3) is 0 Å². The van der Waals surface area contributed by atoms with Crippen molar-refractivity contribution in [2.45, 2.75) is 38.6 Å². The highest BCUT2D eigenvalue weighted by Gasteiger charge is 2.11. The second-order valence-corrected chi connectivity index (χ2v) is 4.57. The highest BCUT2D eigenvalue weighted by atomic mass is 15.1. The quantitative estimate of drug-likeness (QED) is 0.485. The Hall–Kier alpha value is -1.95. The van der Waals surface area contributed by atoms with Crippen LogP contribution in [-0.4, -0.2) is 12.0 Å². The van der Waals surface area contributed by atoms with Crippen molar-refractivity contribution in [2.24, 2.45) is 10.7 Å². The van der Waals surface area contributed by atoms with Gasteiger partial charge in [0.05, 0.1) is 0 Å². The minimum atomic E-state index is -0.146. The summed E-state index contributed by atoms with van der Waals surface area (Å²) in [7, 11) is 0. The van der Waals surface area contributed by atoms with E-state index in [4.69, 9.17) is 12.2 Å². The van der Waals surface area contributed by atoms with Crippen LogP contribution in [0.1, 0.15) is 30.9 Å². The zero-order chi connectivity index (χ0) is 13.0. The van der Waals surface area contributed by atoms with Gasteiger partial charge in [-0.15, -0.1) is 6.42 Å². The van der Waals surface area contributed by atoms with Gasteiger partial charge in [-0.3, -0.25) is 0 Å². The van der Waals surface area contributed by atoms with E-state index in [-0.39, 0.29) is 6.04 Å². The number of guanidine groups is 1. The number of aliphatic imine (C=N–C) groups is 1. The zero-order valence-corrected chi connectivity index (χ0v) is 10.7. The molecule has 1 atom stereocenters. The number of nitrogens with two attached hydrogens (primary N) is 1. The van der Waals surface area contributed by atoms with Crippen molar-refractivity contribution in [1.29, 1.82) is 0 Å². The lowest BCUT2D eigenvalue weighted by molar-refractivity contribution is 0.806. The lowest BCUT2D eigenvalue weighted by Gasteiger charge is -2.09. The topological polar surface area (TPSA) is 50.4 Å². The van der Waals surface area contributed by atoms with E-state index in [2.05, 4.69) is 28.4 Å². The molecule has 0 amide bonds. The summed E-state index contributed by atoms with van der Waals surface area (Å²) in [6.45, 7) is 2.00. The third-order valence-corrected chi connectivity index (χ3v) is 3.24. The molecule has 18 heavy (non-hydrogen) atoms. The van der Waals surface area contributed by atoms with Gasteiger partial charge in [-0.25, -0.2) is 4.99 Å². The number of aryl methyl sites for hydroxylation is 2. The summed E-state index contributed by atoms with van der Waals surface area (Å²) < 4.78 is 0. The fourth-order valence-corrected chi connectivity index (χ4v) is 2.24. The Morgan fingerprint density at radius 1 is 1.50 bits per heavy atom. The van der Waals surface area contributed by atoms with E-state index < -0.39 is 0 Å². The Bertz CT molecular complexity index is 497. The summed E-state index contributed by atoms with van der Waals surface area (Å²) in [5, 5.41) is 3.10. The molecule has 3 heteroatoms. The van der Waals surface area contributed by atoms with Gasteiger partial charge >= 0.3 is 0 Å². The SMILES string of the molecule is C#CC(CC)N=C(N)Nc1ccc2c(c1)CCC2. The summed E-state index contributed by atoms with van der Waals surface area (Å²) in [4.78, 5) is 4.25. The summed E-state index contributed by atoms with van der Waals surface area (Å²) in [5.74, 6) is 2.99. The number of nitrogens with zero attached hydrogens (tertiary/aromatic N) is 1. The van der Waals surface area contributed by atoms with Crippen molar-refractivity contribution in [1.82, 2.24) is 0 Å². The van der Waals surface area contributed by atoms with E-state index in [0.717, 1.165) is 18.5 Å². The van der Waals surface area contributed by atoms with Gasteiger partial charge in [0.1, 0.15) is 6.04 Å². The largest absolute Gasteiger partial charge is 0.370 e. The Labute approximate surface area is 108 Å². The standard InChI is InChI=1S/C15H19N3/c1-3-13(4-2)17-15(16)18-14-9-8-11-6-5-7-12(11)10-14/h1,8-10,13H,4-7H2,2H3,(H3,16,17,18). The molecule has 3 N–H and O–H groups in total. The maximum atomic E-state index is 5.85. The Balaban J connectivity index is 2.08. The zero-order valence-electron chi connectivity index (χ0n) is 10.7. The van der Waals surface area contributed by atoms with Crippen molar-refractivity contribution in [3.63, 3.8) is 0 Å². The number of fused-ring (bicyclic) bond motifs is 1. The van der Waals surface area contributed by atoms with Crippen molar-refractivity contribution in [3.8, 4) is 12.3 Å². The molecule has 0 spiro atoms. The van der Waals surface area contributed by atoms with Gasteiger partial charge in [0.2, 0.25) is 0 Å². The van der Waals surface area contributed by atoms with Crippen LogP contribution in [0.25, 0.3) is 0 Å². The van der Waals surface area contributed by atoms with E-state index in [9.17, 15) is 0 Å². The molecule has 0 saturated heterocycles. The predicted octanol–water partition coefficient (Wildman–Crippen LogP) is 2.31. The molecular formula is C15H19N3. The number of rotatable bonds is 3. The van der Waals surface area contributed by atoms with Crippen LogP contribution in [0.2, 0.25) is 0 Å². The summed E-state index contributed by atoms with van der Waals surface area (Å²) in [6, 6.07) is 6.22. The summed E-state index contributed by atoms with van der Waals surface area (Å²) in [6.07, 6.45) is 9.75. The number of nitrogens with one attached hydrogen (secondary N) is 1. The number of terminal acetylenes is 1. The first-order chi connectivity index (χ1) is 8.72. The molecule has 2 rings (SSSR count). The van der Waals surface area contributed by atoms with Crippen LogP contribution >= 0.6 is 0 Å². The predicted molar refractivity (Wildman–Crippen MR) is 76.6 cm³/mol. The average molecular weight is 241 g/mol. The van der Waals surface area contributed by atoms with E-state index in [1.807, 2.05) is 13.0 Å². The normalized spacial score (nSPS) is 15.9. The molecule has 1 aromatic rings. The molecule has 1 aliphatic carbocycles. The van der Waals surface area contributed by atoms with E-state index >= 15 is 0 Å². The van der Waals surface area contributed by atoms with E-state index in [1.165, 1.54) is 24.0 Å². The molecule has 0 saturated carbocycles. The molecule has 1 unspecified atom stereocenters. The molecule has 1 aliphatic rings. The Kier molecular flexibility index (Phi) is 3.88. The first-order valence-electron chi connectivity index (χ1n) is 6.41. The highest BCUT2D eigenvalue weighted by molar-refractivity contribution is 5.92. The van der Waals surface area contributed by atoms with Crippen molar-refractivity contribution >= 4 is 11.6 Å². The van der Waals surface area contributed by atoms with Gasteiger partial charge < -0.3 is 11.1 Å². The molecule has 0 fully saturated rings. The van der Waals surface area contributed by atoms with Gasteiger partial charge in [0, 0.05) is 5.69 Å². The molecule has 3 nitrogen and oxygen atoms in total. The third-order valence-electron chi connectivity index (χ3n) is 3.24. The highest BCUT2D eigenvalue weighted by Crippen LogP contribution is 2.24. The molecule has 1 aromatic carbocycles. The Morgan fingerprint density at radius 2 is 2.28 bits per heavy atom. The van der Waals surface area contributed by atoms with Crippen LogP contribution in [0.15, 0.2) is 23.2 Å². The van der Waals surface area contributed by atoms with Crippen LogP contribution in [-0.2, 0) is 12.8 Å². The average Bonchev–Trinajstić information content (AvgIpc) is 2.83. The third kappa shape index (κ3) is 2.84. The van der Waals surface area contributed by atoms with Gasteiger partial charge in [-0.05, 0) is 48.9 Å². The first kappa shape index (κ1) is 12.5. The number of hydrogen-bond donors (Lipinski definition) is 2. The lowest BCUT2D eigenvalue weighted by Crippen LogP contribution is -2.24. The van der Waals surface area contributed by atoms with E-state index in [0.29, 0.717) is 5.96 Å². The molecule has 0 aliphatic heterocycles. The fourth-order valence-electron chi connectivity index (χ4n) is 2.24. The summed E-state index contributed by atoms with van der Waals surface area (Å²) >= 11 is 0. The van der Waals surface area contributed by atoms with Gasteiger partial charge in [-0.2, -0.15) is 0 Å². The smallest absolute Gasteiger partial charge is 0.194 e. The lowest BCUT2D eigenvalue weighted by atomic mass is 10.1. The maximum Gasteiger partial charge on any atom is 0.194 e. The van der Waals surface area contributed by atoms with Crippen LogP contribution in [0.4, 0.5) is 5.69 Å². The number of hydrogen-bond acceptors (Lipinski definition) is 1. The minimum Gasteiger partial charge on any atom is -0.370 e. The van der Waals surface area contributed by atoms with E-state index in [1.54, 1.807) is 0 Å². The van der Waals surface area contributed by atoms with Gasteiger partial charge in [-0.1, -0.05) is 18.9 Å². The van der Waals surface area contributed by atoms with Crippen LogP contribution in [0.5, 0.6) is 0 Å². The Morgan fingerprint density at radius 3 is 3.00 bits per heavy atom. The monoisotopic (exact) mass is 241 g/mol. The van der Waals surface area contributed by atoms with Crippen LogP contribution < -0.4 is 11.1 Å². The molecule has 0 aromatic heterocycles. The van der Waals surface area contributed by atoms with Crippen molar-refractivity contribution in [3.05, 3.63) is 29.3 Å². The first-order valence-corrected chi connectivity index (χ1v) is 6.41. The fraction of sp³-hybridized carbons (Fsp3) is 0.400. The molecule has 94 valence electrons. The number of benzene rings is 1. The number of anilines is 1. The minimum absolute atomic E-state index is 0.146. The van der Waals surface area contributed by atoms with Crippen molar-refractivity contribution < 1.29 is 0 Å². The molecule has 0 bridgehead atoms. The second kappa shape index (κ2) is 5.59. The maximum absolute atomic E-state index is 5.85.